The van der Waals surface area contributed by atoms with E-state index in [1.54, 1.807) is 6.92 Å². The molecule has 0 aliphatic heterocycles. The van der Waals surface area contributed by atoms with Crippen LogP contribution < -0.4 is 0 Å². The van der Waals surface area contributed by atoms with E-state index in [2.05, 4.69) is 4.98 Å². The Morgan fingerprint density at radius 3 is 2.59 bits per heavy atom. The molecule has 17 heavy (non-hydrogen) atoms. The zero-order valence-electron chi connectivity index (χ0n) is 9.17. The lowest BCUT2D eigenvalue weighted by Crippen LogP contribution is -2.09. The molecule has 0 saturated carbocycles. The van der Waals surface area contributed by atoms with Gasteiger partial charge >= 0.3 is 6.18 Å². The lowest BCUT2D eigenvalue weighted by Gasteiger charge is -2.10. The number of ether oxygens (including phenoxy) is 1. The predicted octanol–water partition coefficient (Wildman–Crippen LogP) is 3.82. The van der Waals surface area contributed by atoms with E-state index in [1.165, 1.54) is 13.0 Å². The third-order valence-corrected chi connectivity index (χ3v) is 3.09. The minimum absolute atomic E-state index is 0.275. The number of thioether (sulfide) groups is 1. The molecule has 1 heterocycles. The number of hydrogen-bond acceptors (Lipinski definition) is 4. The second-order valence-corrected chi connectivity index (χ2v) is 4.71. The number of aryl methyl sites for hydroxylation is 1. The van der Waals surface area contributed by atoms with Crippen molar-refractivity contribution in [2.45, 2.75) is 24.9 Å². The smallest absolute Gasteiger partial charge is 0.433 e. The highest BCUT2D eigenvalue weighted by Gasteiger charge is 2.32. The van der Waals surface area contributed by atoms with Crippen molar-refractivity contribution in [3.8, 4) is 0 Å². The molecule has 0 aliphatic carbocycles. The van der Waals surface area contributed by atoms with Crippen LogP contribution in [-0.2, 0) is 10.9 Å². The molecule has 0 aliphatic rings. The third kappa shape index (κ3) is 4.16. The van der Waals surface area contributed by atoms with Gasteiger partial charge in [-0.3, -0.25) is 0 Å². The summed E-state index contributed by atoms with van der Waals surface area (Å²) in [5, 5.41) is 0. The van der Waals surface area contributed by atoms with Gasteiger partial charge in [-0.1, -0.05) is 0 Å². The molecule has 2 nitrogen and oxygen atoms in total. The fourth-order valence-electron chi connectivity index (χ4n) is 1.05. The average molecular weight is 281 g/mol. The average Bonchev–Trinajstić information content (AvgIpc) is 2.20. The molecule has 7 heteroatoms. The van der Waals surface area contributed by atoms with Crippen molar-refractivity contribution in [1.29, 1.82) is 0 Å². The van der Waals surface area contributed by atoms with E-state index in [4.69, 9.17) is 17.0 Å². The summed E-state index contributed by atoms with van der Waals surface area (Å²) in [5.41, 5.74) is -0.617. The maximum absolute atomic E-state index is 12.4. The van der Waals surface area contributed by atoms with Gasteiger partial charge in [0.05, 0.1) is 12.3 Å². The predicted molar refractivity (Wildman–Crippen MR) is 64.1 cm³/mol. The van der Waals surface area contributed by atoms with Crippen molar-refractivity contribution in [3.05, 3.63) is 23.5 Å². The number of nitrogens with zero attached hydrogens (tertiary/aromatic N) is 1. The summed E-state index contributed by atoms with van der Waals surface area (Å²) in [7, 11) is 0. The molecule has 1 aromatic rings. The van der Waals surface area contributed by atoms with Gasteiger partial charge in [-0.15, -0.1) is 0 Å². The summed E-state index contributed by atoms with van der Waals surface area (Å²) in [6, 6.07) is 2.28. The summed E-state index contributed by atoms with van der Waals surface area (Å²) >= 11 is 5.99. The van der Waals surface area contributed by atoms with Crippen molar-refractivity contribution in [2.24, 2.45) is 0 Å². The minimum atomic E-state index is -4.42. The number of hydrogen-bond donors (Lipinski definition) is 0. The Labute approximate surface area is 107 Å². The van der Waals surface area contributed by atoms with Crippen LogP contribution in [0.2, 0.25) is 0 Å². The molecule has 0 amide bonds. The van der Waals surface area contributed by atoms with Crippen LogP contribution in [0.4, 0.5) is 13.2 Å². The van der Waals surface area contributed by atoms with Gasteiger partial charge in [0.15, 0.2) is 0 Å². The summed E-state index contributed by atoms with van der Waals surface area (Å²) in [4.78, 5) is 4.06. The molecule has 0 radical (unpaired) electrons. The lowest BCUT2D eigenvalue weighted by atomic mass is 10.3. The molecule has 1 rings (SSSR count). The van der Waals surface area contributed by atoms with E-state index >= 15 is 0 Å². The van der Waals surface area contributed by atoms with Gasteiger partial charge in [0.25, 0.3) is 0 Å². The Balaban J connectivity index is 2.87. The van der Waals surface area contributed by atoms with Crippen LogP contribution in [0.25, 0.3) is 0 Å². The second-order valence-electron chi connectivity index (χ2n) is 3.06. The molecule has 0 fully saturated rings. The van der Waals surface area contributed by atoms with Crippen LogP contribution in [0.3, 0.4) is 0 Å². The van der Waals surface area contributed by atoms with Crippen molar-refractivity contribution < 1.29 is 17.9 Å². The van der Waals surface area contributed by atoms with Crippen LogP contribution in [0, 0.1) is 6.92 Å². The topological polar surface area (TPSA) is 22.1 Å². The van der Waals surface area contributed by atoms with Crippen LogP contribution in [0.1, 0.15) is 18.3 Å². The van der Waals surface area contributed by atoms with Crippen LogP contribution >= 0.6 is 24.0 Å². The van der Waals surface area contributed by atoms with E-state index in [1.807, 2.05) is 0 Å². The fraction of sp³-hybridized carbons (Fsp3) is 0.400. The van der Waals surface area contributed by atoms with E-state index in [9.17, 15) is 13.2 Å². The first-order valence-corrected chi connectivity index (χ1v) is 5.96. The van der Waals surface area contributed by atoms with E-state index in [0.717, 1.165) is 17.8 Å². The number of aromatic nitrogens is 1. The number of thiocarbonyl (C=S) groups is 1. The van der Waals surface area contributed by atoms with E-state index in [-0.39, 0.29) is 10.1 Å². The Bertz CT molecular complexity index is 421. The molecule has 0 bridgehead atoms. The van der Waals surface area contributed by atoms with Gasteiger partial charge < -0.3 is 4.74 Å². The number of rotatable bonds is 2. The summed E-state index contributed by atoms with van der Waals surface area (Å²) in [6.45, 7) is 3.72. The van der Waals surface area contributed by atoms with E-state index in [0.29, 0.717) is 11.5 Å². The van der Waals surface area contributed by atoms with Crippen molar-refractivity contribution >= 4 is 28.4 Å². The standard InChI is InChI=1S/C10H10F3NOS2/c1-3-15-9(16)17-7-4-5-8(10(11,12)13)14-6(7)2/h4-5H,3H2,1-2H3. The van der Waals surface area contributed by atoms with Gasteiger partial charge in [0.1, 0.15) is 5.69 Å². The Kier molecular flexibility index (Phi) is 4.76. The normalized spacial score (nSPS) is 11.4. The second kappa shape index (κ2) is 5.68. The van der Waals surface area contributed by atoms with Gasteiger partial charge in [0, 0.05) is 4.90 Å². The van der Waals surface area contributed by atoms with Gasteiger partial charge in [-0.05, 0) is 50.0 Å². The first-order valence-electron chi connectivity index (χ1n) is 4.74. The van der Waals surface area contributed by atoms with Crippen molar-refractivity contribution in [3.63, 3.8) is 0 Å². The zero-order chi connectivity index (χ0) is 13.1. The number of halogens is 3. The van der Waals surface area contributed by atoms with Crippen LogP contribution in [0.5, 0.6) is 0 Å². The van der Waals surface area contributed by atoms with Gasteiger partial charge in [0.2, 0.25) is 4.38 Å². The summed E-state index contributed by atoms with van der Waals surface area (Å²) in [6.07, 6.45) is -4.42. The van der Waals surface area contributed by atoms with Crippen molar-refractivity contribution in [2.75, 3.05) is 6.61 Å². The Morgan fingerprint density at radius 1 is 1.47 bits per heavy atom. The fourth-order valence-corrected chi connectivity index (χ4v) is 2.12. The molecule has 94 valence electrons. The molecule has 0 atom stereocenters. The first kappa shape index (κ1) is 14.2. The Hall–Kier alpha value is -0.820. The maximum atomic E-state index is 12.4. The SMILES string of the molecule is CCOC(=S)Sc1ccc(C(F)(F)F)nc1C. The number of alkyl halides is 3. The first-order chi connectivity index (χ1) is 7.84. The highest BCUT2D eigenvalue weighted by atomic mass is 32.2. The molecular weight excluding hydrogens is 271 g/mol. The van der Waals surface area contributed by atoms with Gasteiger partial charge in [-0.2, -0.15) is 13.2 Å². The summed E-state index contributed by atoms with van der Waals surface area (Å²) in [5.74, 6) is 0. The van der Waals surface area contributed by atoms with E-state index < -0.39 is 11.9 Å². The Morgan fingerprint density at radius 2 is 2.12 bits per heavy atom. The van der Waals surface area contributed by atoms with Gasteiger partial charge in [-0.25, -0.2) is 4.98 Å². The monoisotopic (exact) mass is 281 g/mol. The molecule has 0 saturated heterocycles. The third-order valence-electron chi connectivity index (χ3n) is 1.78. The molecular formula is C10H10F3NOS2. The minimum Gasteiger partial charge on any atom is -0.479 e. The largest absolute Gasteiger partial charge is 0.479 e. The molecule has 0 unspecified atom stereocenters. The molecule has 1 aromatic heterocycles. The maximum Gasteiger partial charge on any atom is 0.433 e. The molecule has 0 N–H and O–H groups in total. The van der Waals surface area contributed by atoms with Crippen LogP contribution in [0.15, 0.2) is 17.0 Å². The molecule has 0 spiro atoms. The number of pyridine rings is 1. The lowest BCUT2D eigenvalue weighted by molar-refractivity contribution is -0.141. The molecule has 0 aromatic carbocycles. The summed E-state index contributed by atoms with van der Waals surface area (Å²) < 4.78 is 42.4. The highest BCUT2D eigenvalue weighted by Crippen LogP contribution is 2.30. The highest BCUT2D eigenvalue weighted by molar-refractivity contribution is 8.22. The quantitative estimate of drug-likeness (QED) is 0.607. The van der Waals surface area contributed by atoms with Crippen molar-refractivity contribution in [1.82, 2.24) is 4.98 Å². The van der Waals surface area contributed by atoms with Crippen LogP contribution in [-0.4, -0.2) is 16.0 Å². The zero-order valence-corrected chi connectivity index (χ0v) is 10.8.